The zero-order valence-electron chi connectivity index (χ0n) is 6.61. The molecule has 1 amide bonds. The SMILES string of the molecule is O=C1CSc2ccc(SO)cc2N1. The van der Waals surface area contributed by atoms with Crippen molar-refractivity contribution in [3.63, 3.8) is 0 Å². The molecule has 5 heteroatoms. The second-order valence-corrected chi connectivity index (χ2v) is 4.26. The predicted molar refractivity (Wildman–Crippen MR) is 54.3 cm³/mol. The Bertz CT molecular complexity index is 354. The Balaban J connectivity index is 2.38. The van der Waals surface area contributed by atoms with Crippen molar-refractivity contribution in [2.75, 3.05) is 11.1 Å². The summed E-state index contributed by atoms with van der Waals surface area (Å²) < 4.78 is 8.80. The van der Waals surface area contributed by atoms with E-state index in [2.05, 4.69) is 5.32 Å². The third kappa shape index (κ3) is 1.82. The molecule has 1 aromatic rings. The number of anilines is 1. The lowest BCUT2D eigenvalue weighted by atomic mass is 10.3. The maximum Gasteiger partial charge on any atom is 0.234 e. The molecule has 1 heterocycles. The van der Waals surface area contributed by atoms with Crippen LogP contribution in [0.1, 0.15) is 0 Å². The van der Waals surface area contributed by atoms with Gasteiger partial charge in [-0.3, -0.25) is 4.79 Å². The van der Waals surface area contributed by atoms with Crippen LogP contribution in [0.2, 0.25) is 0 Å². The smallest absolute Gasteiger partial charge is 0.234 e. The van der Waals surface area contributed by atoms with E-state index in [0.29, 0.717) is 17.8 Å². The minimum absolute atomic E-state index is 0.0117. The summed E-state index contributed by atoms with van der Waals surface area (Å²) in [6, 6.07) is 5.50. The first-order chi connectivity index (χ1) is 6.29. The summed E-state index contributed by atoms with van der Waals surface area (Å²) in [7, 11) is 0. The molecule has 1 aromatic carbocycles. The van der Waals surface area contributed by atoms with Crippen LogP contribution in [-0.2, 0) is 4.79 Å². The van der Waals surface area contributed by atoms with E-state index in [9.17, 15) is 4.79 Å². The van der Waals surface area contributed by atoms with Crippen molar-refractivity contribution in [1.29, 1.82) is 0 Å². The average Bonchev–Trinajstić information content (AvgIpc) is 2.16. The van der Waals surface area contributed by atoms with Gasteiger partial charge in [-0.1, -0.05) is 0 Å². The molecule has 2 N–H and O–H groups in total. The quantitative estimate of drug-likeness (QED) is 0.703. The van der Waals surface area contributed by atoms with Crippen molar-refractivity contribution in [1.82, 2.24) is 0 Å². The summed E-state index contributed by atoms with van der Waals surface area (Å²) in [6.45, 7) is 0. The number of amides is 1. The zero-order chi connectivity index (χ0) is 9.26. The van der Waals surface area contributed by atoms with Gasteiger partial charge in [0.05, 0.1) is 11.4 Å². The average molecular weight is 213 g/mol. The van der Waals surface area contributed by atoms with Crippen LogP contribution < -0.4 is 5.32 Å². The molecule has 0 unspecified atom stereocenters. The van der Waals surface area contributed by atoms with Crippen LogP contribution >= 0.6 is 23.8 Å². The maximum absolute atomic E-state index is 11.0. The fraction of sp³-hybridized carbons (Fsp3) is 0.125. The lowest BCUT2D eigenvalue weighted by Gasteiger charge is -2.16. The summed E-state index contributed by atoms with van der Waals surface area (Å²) in [5, 5.41) is 2.75. The fourth-order valence-electron chi connectivity index (χ4n) is 1.12. The molecular formula is C8H7NO2S2. The Kier molecular flexibility index (Phi) is 2.48. The van der Waals surface area contributed by atoms with Gasteiger partial charge >= 0.3 is 0 Å². The van der Waals surface area contributed by atoms with Crippen molar-refractivity contribution in [2.24, 2.45) is 0 Å². The first-order valence-corrected chi connectivity index (χ1v) is 5.43. The Morgan fingerprint density at radius 2 is 2.38 bits per heavy atom. The predicted octanol–water partition coefficient (Wildman–Crippen LogP) is 2.30. The van der Waals surface area contributed by atoms with Crippen LogP contribution in [0.25, 0.3) is 0 Å². The first kappa shape index (κ1) is 8.93. The van der Waals surface area contributed by atoms with Gasteiger partial charge in [0.2, 0.25) is 5.91 Å². The maximum atomic E-state index is 11.0. The van der Waals surface area contributed by atoms with E-state index in [1.54, 1.807) is 6.07 Å². The monoisotopic (exact) mass is 213 g/mol. The van der Waals surface area contributed by atoms with Crippen molar-refractivity contribution >= 4 is 35.4 Å². The van der Waals surface area contributed by atoms with Gasteiger partial charge in [-0.05, 0) is 18.2 Å². The highest BCUT2D eigenvalue weighted by Crippen LogP contribution is 2.33. The molecule has 0 bridgehead atoms. The lowest BCUT2D eigenvalue weighted by molar-refractivity contribution is -0.113. The van der Waals surface area contributed by atoms with Gasteiger partial charge in [0.1, 0.15) is 0 Å². The van der Waals surface area contributed by atoms with Gasteiger partial charge in [0, 0.05) is 21.8 Å². The van der Waals surface area contributed by atoms with Crippen molar-refractivity contribution in [3.8, 4) is 0 Å². The number of carbonyl (C=O) groups is 1. The molecule has 2 rings (SSSR count). The molecule has 0 atom stereocenters. The number of rotatable bonds is 1. The third-order valence-corrected chi connectivity index (χ3v) is 3.23. The van der Waals surface area contributed by atoms with E-state index in [-0.39, 0.29) is 5.91 Å². The van der Waals surface area contributed by atoms with E-state index in [4.69, 9.17) is 4.55 Å². The van der Waals surface area contributed by atoms with Crippen molar-refractivity contribution in [3.05, 3.63) is 18.2 Å². The topological polar surface area (TPSA) is 49.3 Å². The highest BCUT2D eigenvalue weighted by molar-refractivity contribution is 8.00. The lowest BCUT2D eigenvalue weighted by Crippen LogP contribution is -2.18. The molecule has 0 spiro atoms. The van der Waals surface area contributed by atoms with Gasteiger partial charge < -0.3 is 9.87 Å². The standard InChI is InChI=1S/C8H7NO2S2/c10-8-4-12-7-2-1-5(13-11)3-6(7)9-8/h1-3,11H,4H2,(H,9,10). The minimum atomic E-state index is 0.0117. The second kappa shape index (κ2) is 3.61. The van der Waals surface area contributed by atoms with Crippen molar-refractivity contribution < 1.29 is 9.35 Å². The Morgan fingerprint density at radius 1 is 1.54 bits per heavy atom. The van der Waals surface area contributed by atoms with Crippen molar-refractivity contribution in [2.45, 2.75) is 9.79 Å². The molecule has 3 nitrogen and oxygen atoms in total. The van der Waals surface area contributed by atoms with Crippen LogP contribution in [0.15, 0.2) is 28.0 Å². The van der Waals surface area contributed by atoms with Crippen LogP contribution in [0.3, 0.4) is 0 Å². The highest BCUT2D eigenvalue weighted by atomic mass is 32.2. The molecule has 0 radical (unpaired) electrons. The fourth-order valence-corrected chi connectivity index (χ4v) is 2.21. The normalized spacial score (nSPS) is 15.0. The van der Waals surface area contributed by atoms with E-state index in [0.717, 1.165) is 15.5 Å². The van der Waals surface area contributed by atoms with Gasteiger partial charge in [0.25, 0.3) is 0 Å². The van der Waals surface area contributed by atoms with E-state index >= 15 is 0 Å². The molecule has 1 aliphatic heterocycles. The van der Waals surface area contributed by atoms with Crippen LogP contribution in [-0.4, -0.2) is 16.2 Å². The summed E-state index contributed by atoms with van der Waals surface area (Å²) in [4.78, 5) is 12.8. The number of carbonyl (C=O) groups excluding carboxylic acids is 1. The molecule has 0 saturated carbocycles. The molecule has 0 aliphatic carbocycles. The van der Waals surface area contributed by atoms with E-state index < -0.39 is 0 Å². The highest BCUT2D eigenvalue weighted by Gasteiger charge is 2.15. The number of thioether (sulfide) groups is 1. The number of hydrogen-bond acceptors (Lipinski definition) is 4. The van der Waals surface area contributed by atoms with Gasteiger partial charge in [-0.2, -0.15) is 0 Å². The van der Waals surface area contributed by atoms with Crippen LogP contribution in [0.4, 0.5) is 5.69 Å². The number of hydrogen-bond donors (Lipinski definition) is 2. The van der Waals surface area contributed by atoms with Gasteiger partial charge in [-0.25, -0.2) is 0 Å². The number of nitrogens with one attached hydrogen (secondary N) is 1. The Labute approximate surface area is 84.1 Å². The molecule has 0 saturated heterocycles. The Morgan fingerprint density at radius 3 is 3.15 bits per heavy atom. The summed E-state index contributed by atoms with van der Waals surface area (Å²) in [5.74, 6) is 0.483. The summed E-state index contributed by atoms with van der Waals surface area (Å²) >= 11 is 2.20. The zero-order valence-corrected chi connectivity index (χ0v) is 8.24. The third-order valence-electron chi connectivity index (χ3n) is 1.69. The van der Waals surface area contributed by atoms with Gasteiger partial charge in [-0.15, -0.1) is 11.8 Å². The molecular weight excluding hydrogens is 206 g/mol. The summed E-state index contributed by atoms with van der Waals surface area (Å²) in [6.07, 6.45) is 0. The van der Waals surface area contributed by atoms with E-state index in [1.807, 2.05) is 12.1 Å². The minimum Gasteiger partial charge on any atom is -0.325 e. The second-order valence-electron chi connectivity index (χ2n) is 2.59. The van der Waals surface area contributed by atoms with Gasteiger partial charge in [0.15, 0.2) is 0 Å². The summed E-state index contributed by atoms with van der Waals surface area (Å²) in [5.41, 5.74) is 0.792. The molecule has 13 heavy (non-hydrogen) atoms. The van der Waals surface area contributed by atoms with Crippen LogP contribution in [0, 0.1) is 0 Å². The van der Waals surface area contributed by atoms with E-state index in [1.165, 1.54) is 11.8 Å². The van der Waals surface area contributed by atoms with Crippen LogP contribution in [0.5, 0.6) is 0 Å². The molecule has 0 fully saturated rings. The first-order valence-electron chi connectivity index (χ1n) is 3.68. The number of benzene rings is 1. The number of fused-ring (bicyclic) bond motifs is 1. The largest absolute Gasteiger partial charge is 0.325 e. The molecule has 68 valence electrons. The molecule has 0 aromatic heterocycles. The Hall–Kier alpha value is -0.650. The molecule has 1 aliphatic rings.